The highest BCUT2D eigenvalue weighted by Gasteiger charge is 2.35. The van der Waals surface area contributed by atoms with E-state index in [2.05, 4.69) is 26.6 Å². The highest BCUT2D eigenvalue weighted by Crippen LogP contribution is 2.27. The summed E-state index contributed by atoms with van der Waals surface area (Å²) in [5.74, 6) is 0.295. The van der Waals surface area contributed by atoms with Gasteiger partial charge in [0.1, 0.15) is 0 Å². The lowest BCUT2D eigenvalue weighted by Gasteiger charge is -2.27. The zero-order valence-corrected chi connectivity index (χ0v) is 13.2. The zero-order valence-electron chi connectivity index (χ0n) is 11.6. The number of hydrogen-bond acceptors (Lipinski definition) is 3. The summed E-state index contributed by atoms with van der Waals surface area (Å²) in [5, 5.41) is 6.14. The van der Waals surface area contributed by atoms with Crippen LogP contribution in [0.2, 0.25) is 0 Å². The number of amides is 2. The molecule has 2 N–H and O–H groups in total. The summed E-state index contributed by atoms with van der Waals surface area (Å²) in [6, 6.07) is 7.60. The monoisotopic (exact) mass is 351 g/mol. The summed E-state index contributed by atoms with van der Waals surface area (Å²) in [7, 11) is 0. The third-order valence-corrected chi connectivity index (χ3v) is 4.54. The smallest absolute Gasteiger partial charge is 0.227 e. The minimum atomic E-state index is -0.246. The molecule has 0 radical (unpaired) electrons. The van der Waals surface area contributed by atoms with Crippen LogP contribution in [0.25, 0.3) is 0 Å². The van der Waals surface area contributed by atoms with E-state index in [1.54, 1.807) is 4.90 Å². The second-order valence-corrected chi connectivity index (χ2v) is 6.57. The largest absolute Gasteiger partial charge is 0.355 e. The summed E-state index contributed by atoms with van der Waals surface area (Å²) >= 11 is 3.41. The maximum atomic E-state index is 12.2. The Morgan fingerprint density at radius 3 is 2.90 bits per heavy atom. The van der Waals surface area contributed by atoms with Crippen molar-refractivity contribution in [1.82, 2.24) is 10.6 Å². The fourth-order valence-corrected chi connectivity index (χ4v) is 3.05. The fraction of sp³-hybridized carbons (Fsp3) is 0.467. The Hall–Kier alpha value is -1.40. The molecule has 1 unspecified atom stereocenters. The van der Waals surface area contributed by atoms with Gasteiger partial charge in [-0.1, -0.05) is 22.0 Å². The lowest BCUT2D eigenvalue weighted by Crippen LogP contribution is -2.49. The van der Waals surface area contributed by atoms with E-state index in [1.165, 1.54) is 0 Å². The average Bonchev–Trinajstić information content (AvgIpc) is 2.79. The molecule has 6 heteroatoms. The predicted molar refractivity (Wildman–Crippen MR) is 84.0 cm³/mol. The van der Waals surface area contributed by atoms with Crippen molar-refractivity contribution in [3.05, 3.63) is 28.7 Å². The Labute approximate surface area is 132 Å². The van der Waals surface area contributed by atoms with Gasteiger partial charge < -0.3 is 15.5 Å². The molecule has 1 aromatic rings. The number of carbonyl (C=O) groups excluding carboxylic acids is 2. The Bertz CT molecular complexity index is 560. The van der Waals surface area contributed by atoms with E-state index in [0.29, 0.717) is 25.4 Å². The normalized spacial score (nSPS) is 22.2. The van der Waals surface area contributed by atoms with Gasteiger partial charge in [-0.15, -0.1) is 0 Å². The maximum Gasteiger partial charge on any atom is 0.227 e. The van der Waals surface area contributed by atoms with Gasteiger partial charge in [0.2, 0.25) is 11.8 Å². The zero-order chi connectivity index (χ0) is 14.8. The van der Waals surface area contributed by atoms with E-state index in [0.717, 1.165) is 23.2 Å². The first-order valence-corrected chi connectivity index (χ1v) is 7.97. The molecule has 112 valence electrons. The van der Waals surface area contributed by atoms with E-state index in [-0.39, 0.29) is 17.7 Å². The van der Waals surface area contributed by atoms with Crippen LogP contribution in [0.3, 0.4) is 0 Å². The van der Waals surface area contributed by atoms with Crippen LogP contribution >= 0.6 is 15.9 Å². The summed E-state index contributed by atoms with van der Waals surface area (Å²) in [5.41, 5.74) is 0.841. The molecule has 1 aromatic carbocycles. The molecule has 1 atom stereocenters. The number of hydrogen-bond donors (Lipinski definition) is 2. The van der Waals surface area contributed by atoms with Crippen LogP contribution in [0.5, 0.6) is 0 Å². The number of benzene rings is 1. The molecule has 2 aliphatic heterocycles. The van der Waals surface area contributed by atoms with Gasteiger partial charge in [0.25, 0.3) is 0 Å². The number of rotatable bonds is 4. The third kappa shape index (κ3) is 3.27. The molecular formula is C15H18BrN3O2. The average molecular weight is 352 g/mol. The molecule has 21 heavy (non-hydrogen) atoms. The van der Waals surface area contributed by atoms with Gasteiger partial charge in [0, 0.05) is 48.7 Å². The Kier molecular flexibility index (Phi) is 4.26. The molecule has 2 saturated heterocycles. The number of nitrogens with zero attached hydrogens (tertiary/aromatic N) is 1. The highest BCUT2D eigenvalue weighted by molar-refractivity contribution is 9.10. The third-order valence-electron chi connectivity index (χ3n) is 4.05. The standard InChI is InChI=1S/C15H18BrN3O2/c16-12-2-1-3-13(5-12)19-9-11(4-14(19)20)15(21)18-8-10-6-17-7-10/h1-3,5,10-11,17H,4,6-9H2,(H,18,21). The van der Waals surface area contributed by atoms with Crippen LogP contribution < -0.4 is 15.5 Å². The van der Waals surface area contributed by atoms with E-state index < -0.39 is 0 Å². The van der Waals surface area contributed by atoms with Crippen molar-refractivity contribution < 1.29 is 9.59 Å². The van der Waals surface area contributed by atoms with Crippen LogP contribution in [0.4, 0.5) is 5.69 Å². The Morgan fingerprint density at radius 2 is 2.24 bits per heavy atom. The van der Waals surface area contributed by atoms with Crippen molar-refractivity contribution in [3.63, 3.8) is 0 Å². The molecule has 2 aliphatic rings. The Balaban J connectivity index is 1.59. The predicted octanol–water partition coefficient (Wildman–Crippen LogP) is 1.14. The number of carbonyl (C=O) groups is 2. The minimum Gasteiger partial charge on any atom is -0.355 e. The molecule has 5 nitrogen and oxygen atoms in total. The minimum absolute atomic E-state index is 0.00672. The first-order valence-electron chi connectivity index (χ1n) is 7.18. The second-order valence-electron chi connectivity index (χ2n) is 5.65. The van der Waals surface area contributed by atoms with E-state index in [4.69, 9.17) is 0 Å². The molecule has 2 fully saturated rings. The molecular weight excluding hydrogens is 334 g/mol. The molecule has 2 heterocycles. The van der Waals surface area contributed by atoms with Gasteiger partial charge in [-0.2, -0.15) is 0 Å². The summed E-state index contributed by atoms with van der Waals surface area (Å²) in [6.07, 6.45) is 0.293. The van der Waals surface area contributed by atoms with Gasteiger partial charge in [-0.05, 0) is 18.2 Å². The fourth-order valence-electron chi connectivity index (χ4n) is 2.66. The Morgan fingerprint density at radius 1 is 1.43 bits per heavy atom. The van der Waals surface area contributed by atoms with Crippen LogP contribution in [0, 0.1) is 11.8 Å². The SMILES string of the molecule is O=C(NCC1CNC1)C1CC(=O)N(c2cccc(Br)c2)C1. The van der Waals surface area contributed by atoms with E-state index in [1.807, 2.05) is 24.3 Å². The first kappa shape index (κ1) is 14.5. The summed E-state index contributed by atoms with van der Waals surface area (Å²) in [4.78, 5) is 26.0. The van der Waals surface area contributed by atoms with Crippen LogP contribution in [0.1, 0.15) is 6.42 Å². The molecule has 2 amide bonds. The van der Waals surface area contributed by atoms with Crippen molar-refractivity contribution in [2.75, 3.05) is 31.1 Å². The molecule has 0 spiro atoms. The van der Waals surface area contributed by atoms with E-state index >= 15 is 0 Å². The number of nitrogens with one attached hydrogen (secondary N) is 2. The molecule has 0 aromatic heterocycles. The molecule has 0 aliphatic carbocycles. The van der Waals surface area contributed by atoms with Gasteiger partial charge in [0.15, 0.2) is 0 Å². The van der Waals surface area contributed by atoms with Gasteiger partial charge >= 0.3 is 0 Å². The molecule has 3 rings (SSSR count). The first-order chi connectivity index (χ1) is 10.1. The van der Waals surface area contributed by atoms with Crippen molar-refractivity contribution in [2.24, 2.45) is 11.8 Å². The second kappa shape index (κ2) is 6.15. The lowest BCUT2D eigenvalue weighted by atomic mass is 10.0. The van der Waals surface area contributed by atoms with Gasteiger partial charge in [-0.3, -0.25) is 9.59 Å². The van der Waals surface area contributed by atoms with Crippen molar-refractivity contribution in [3.8, 4) is 0 Å². The summed E-state index contributed by atoms with van der Waals surface area (Å²) in [6.45, 7) is 3.10. The molecule has 0 bridgehead atoms. The lowest BCUT2D eigenvalue weighted by molar-refractivity contribution is -0.126. The van der Waals surface area contributed by atoms with E-state index in [9.17, 15) is 9.59 Å². The quantitative estimate of drug-likeness (QED) is 0.854. The van der Waals surface area contributed by atoms with Gasteiger partial charge in [-0.25, -0.2) is 0 Å². The maximum absolute atomic E-state index is 12.2. The highest BCUT2D eigenvalue weighted by atomic mass is 79.9. The summed E-state index contributed by atoms with van der Waals surface area (Å²) < 4.78 is 0.929. The van der Waals surface area contributed by atoms with Gasteiger partial charge in [0.05, 0.1) is 5.92 Å². The topological polar surface area (TPSA) is 61.4 Å². The van der Waals surface area contributed by atoms with Crippen LogP contribution in [0.15, 0.2) is 28.7 Å². The van der Waals surface area contributed by atoms with Crippen molar-refractivity contribution >= 4 is 33.4 Å². The van der Waals surface area contributed by atoms with Crippen molar-refractivity contribution in [1.29, 1.82) is 0 Å². The van der Waals surface area contributed by atoms with Crippen molar-refractivity contribution in [2.45, 2.75) is 6.42 Å². The number of anilines is 1. The number of halogens is 1. The van der Waals surface area contributed by atoms with Crippen LogP contribution in [-0.2, 0) is 9.59 Å². The van der Waals surface area contributed by atoms with Crippen LogP contribution in [-0.4, -0.2) is 38.0 Å². The molecule has 0 saturated carbocycles.